The molecule has 0 atom stereocenters. The van der Waals surface area contributed by atoms with E-state index in [2.05, 4.69) is 12.2 Å². The molecule has 0 spiro atoms. The van der Waals surface area contributed by atoms with Crippen LogP contribution in [0.3, 0.4) is 0 Å². The van der Waals surface area contributed by atoms with E-state index in [0.29, 0.717) is 0 Å². The molecule has 0 saturated carbocycles. The van der Waals surface area contributed by atoms with Crippen molar-refractivity contribution < 1.29 is 19.8 Å². The second-order valence-electron chi connectivity index (χ2n) is 7.24. The van der Waals surface area contributed by atoms with Crippen LogP contribution in [0.25, 0.3) is 0 Å². The maximum atomic E-state index is 12.2. The Hall–Kier alpha value is -1.40. The summed E-state index contributed by atoms with van der Waals surface area (Å²) in [6.45, 7) is 2.47. The fraction of sp³-hybridized carbons (Fsp3) is 0.818. The monoisotopic (exact) mass is 398 g/mol. The molecule has 0 unspecified atom stereocenters. The second-order valence-corrected chi connectivity index (χ2v) is 7.24. The number of amides is 2. The summed E-state index contributed by atoms with van der Waals surface area (Å²) in [6.07, 6.45) is 17.8. The molecule has 0 radical (unpaired) electrons. The number of aliphatic hydroxyl groups excluding tert-OH is 2. The van der Waals surface area contributed by atoms with Gasteiger partial charge >= 0.3 is 0 Å². The highest BCUT2D eigenvalue weighted by Crippen LogP contribution is 2.11. The first-order valence-corrected chi connectivity index (χ1v) is 11.1. The van der Waals surface area contributed by atoms with Gasteiger partial charge in [0, 0.05) is 32.1 Å². The normalized spacial score (nSPS) is 11.1. The molecule has 2 amide bonds. The molecule has 0 bridgehead atoms. The molecule has 0 aromatic heterocycles. The van der Waals surface area contributed by atoms with Gasteiger partial charge in [0.25, 0.3) is 0 Å². The molecule has 0 aromatic rings. The van der Waals surface area contributed by atoms with Crippen molar-refractivity contribution >= 4 is 11.8 Å². The van der Waals surface area contributed by atoms with Crippen molar-refractivity contribution in [3.8, 4) is 0 Å². The lowest BCUT2D eigenvalue weighted by Gasteiger charge is -2.17. The zero-order valence-electron chi connectivity index (χ0n) is 17.8. The first-order chi connectivity index (χ1) is 13.7. The number of hydrogen-bond acceptors (Lipinski definition) is 4. The molecule has 6 nitrogen and oxygen atoms in total. The third-order valence-corrected chi connectivity index (χ3v) is 4.67. The lowest BCUT2D eigenvalue weighted by molar-refractivity contribution is -0.131. The summed E-state index contributed by atoms with van der Waals surface area (Å²) in [5.74, 6) is -0.423. The first-order valence-electron chi connectivity index (χ1n) is 11.1. The molecule has 0 aliphatic rings. The highest BCUT2D eigenvalue weighted by molar-refractivity contribution is 5.84. The van der Waals surface area contributed by atoms with Crippen molar-refractivity contribution in [3.05, 3.63) is 12.3 Å². The Balaban J connectivity index is 3.83. The third-order valence-electron chi connectivity index (χ3n) is 4.67. The summed E-state index contributed by atoms with van der Waals surface area (Å²) in [5.41, 5.74) is 0. The molecule has 0 rings (SSSR count). The predicted molar refractivity (Wildman–Crippen MR) is 114 cm³/mol. The fourth-order valence-corrected chi connectivity index (χ4v) is 2.99. The van der Waals surface area contributed by atoms with Crippen LogP contribution < -0.4 is 5.32 Å². The van der Waals surface area contributed by atoms with Gasteiger partial charge in [-0.3, -0.25) is 9.59 Å². The smallest absolute Gasteiger partial charge is 0.227 e. The zero-order valence-corrected chi connectivity index (χ0v) is 17.8. The van der Waals surface area contributed by atoms with E-state index in [0.717, 1.165) is 12.8 Å². The van der Waals surface area contributed by atoms with Gasteiger partial charge in [0.15, 0.2) is 0 Å². The number of allylic oxidation sites excluding steroid dienone is 1. The van der Waals surface area contributed by atoms with Crippen molar-refractivity contribution in [1.29, 1.82) is 0 Å². The summed E-state index contributed by atoms with van der Waals surface area (Å²) >= 11 is 0. The number of carbonyl (C=O) groups excluding carboxylic acids is 2. The Morgan fingerprint density at radius 1 is 0.857 bits per heavy atom. The molecule has 0 fully saturated rings. The topological polar surface area (TPSA) is 89.9 Å². The molecule has 164 valence electrons. The standard InChI is InChI=1S/C22H42N2O4/c1-2-3-4-5-6-7-8-9-10-11-12-13-17-24(18-20-26)22(28)15-14-21(27)23-16-19-25/h13,17,25-26H,2-12,14-16,18-20H2,1H3,(H,23,27). The summed E-state index contributed by atoms with van der Waals surface area (Å²) in [6, 6.07) is 0. The third kappa shape index (κ3) is 16.8. The van der Waals surface area contributed by atoms with Gasteiger partial charge in [-0.2, -0.15) is 0 Å². The lowest BCUT2D eigenvalue weighted by Crippen LogP contribution is -2.31. The van der Waals surface area contributed by atoms with Gasteiger partial charge in [-0.05, 0) is 12.8 Å². The van der Waals surface area contributed by atoms with Crippen molar-refractivity contribution in [3.63, 3.8) is 0 Å². The summed E-state index contributed by atoms with van der Waals surface area (Å²) in [4.78, 5) is 25.2. The summed E-state index contributed by atoms with van der Waals surface area (Å²) in [7, 11) is 0. The fourth-order valence-electron chi connectivity index (χ4n) is 2.99. The highest BCUT2D eigenvalue weighted by Gasteiger charge is 2.12. The number of nitrogens with one attached hydrogen (secondary N) is 1. The van der Waals surface area contributed by atoms with Gasteiger partial charge in [0.05, 0.1) is 13.2 Å². The number of aliphatic hydroxyl groups is 2. The minimum Gasteiger partial charge on any atom is -0.395 e. The van der Waals surface area contributed by atoms with Crippen molar-refractivity contribution in [2.75, 3.05) is 26.3 Å². The van der Waals surface area contributed by atoms with Crippen molar-refractivity contribution in [1.82, 2.24) is 10.2 Å². The van der Waals surface area contributed by atoms with Crippen molar-refractivity contribution in [2.24, 2.45) is 0 Å². The first kappa shape index (κ1) is 26.6. The highest BCUT2D eigenvalue weighted by atomic mass is 16.3. The van der Waals surface area contributed by atoms with Crippen LogP contribution in [-0.2, 0) is 9.59 Å². The van der Waals surface area contributed by atoms with E-state index in [9.17, 15) is 9.59 Å². The van der Waals surface area contributed by atoms with E-state index >= 15 is 0 Å². The SMILES string of the molecule is CCCCCCCCCCCCC=CN(CCO)C(=O)CCC(=O)NCCO. The second kappa shape index (κ2) is 20.3. The van der Waals surface area contributed by atoms with Crippen LogP contribution in [0.4, 0.5) is 0 Å². The zero-order chi connectivity index (χ0) is 20.9. The Morgan fingerprint density at radius 2 is 1.46 bits per heavy atom. The largest absolute Gasteiger partial charge is 0.395 e. The van der Waals surface area contributed by atoms with Gasteiger partial charge in [-0.25, -0.2) is 0 Å². The van der Waals surface area contributed by atoms with Crippen molar-refractivity contribution in [2.45, 2.75) is 90.4 Å². The van der Waals surface area contributed by atoms with Gasteiger partial charge in [0.1, 0.15) is 0 Å². The molecule has 0 aliphatic carbocycles. The van der Waals surface area contributed by atoms with E-state index < -0.39 is 0 Å². The molecular formula is C22H42N2O4. The minimum atomic E-state index is -0.249. The van der Waals surface area contributed by atoms with Crippen LogP contribution in [0.2, 0.25) is 0 Å². The van der Waals surface area contributed by atoms with E-state index in [4.69, 9.17) is 10.2 Å². The Bertz CT molecular complexity index is 413. The maximum absolute atomic E-state index is 12.2. The quantitative estimate of drug-likeness (QED) is 0.290. The summed E-state index contributed by atoms with van der Waals surface area (Å²) < 4.78 is 0. The van der Waals surface area contributed by atoms with Crippen LogP contribution in [0.5, 0.6) is 0 Å². The van der Waals surface area contributed by atoms with E-state index in [1.807, 2.05) is 6.08 Å². The molecule has 6 heteroatoms. The molecule has 3 N–H and O–H groups in total. The molecular weight excluding hydrogens is 356 g/mol. The summed E-state index contributed by atoms with van der Waals surface area (Å²) in [5, 5.41) is 20.3. The predicted octanol–water partition coefficient (Wildman–Crippen LogP) is 3.52. The van der Waals surface area contributed by atoms with Crippen LogP contribution in [0, 0.1) is 0 Å². The molecule has 0 aliphatic heterocycles. The number of carbonyl (C=O) groups is 2. The average molecular weight is 399 g/mol. The number of hydrogen-bond donors (Lipinski definition) is 3. The van der Waals surface area contributed by atoms with E-state index in [-0.39, 0.29) is 51.0 Å². The van der Waals surface area contributed by atoms with Crippen LogP contribution in [0.1, 0.15) is 90.4 Å². The molecule has 0 saturated heterocycles. The molecule has 0 aromatic carbocycles. The maximum Gasteiger partial charge on any atom is 0.227 e. The minimum absolute atomic E-state index is 0.0903. The molecule has 28 heavy (non-hydrogen) atoms. The number of unbranched alkanes of at least 4 members (excludes halogenated alkanes) is 10. The van der Waals surface area contributed by atoms with E-state index in [1.165, 1.54) is 62.7 Å². The van der Waals surface area contributed by atoms with Crippen LogP contribution in [-0.4, -0.2) is 53.2 Å². The Labute approximate surface area is 171 Å². The Kier molecular flexibility index (Phi) is 19.3. The Morgan fingerprint density at radius 3 is 2.04 bits per heavy atom. The van der Waals surface area contributed by atoms with Gasteiger partial charge in [0.2, 0.25) is 11.8 Å². The van der Waals surface area contributed by atoms with E-state index in [1.54, 1.807) is 6.20 Å². The lowest BCUT2D eigenvalue weighted by atomic mass is 10.1. The van der Waals surface area contributed by atoms with Gasteiger partial charge < -0.3 is 20.4 Å². The number of rotatable bonds is 19. The average Bonchev–Trinajstić information content (AvgIpc) is 2.70. The molecule has 0 heterocycles. The van der Waals surface area contributed by atoms with Gasteiger partial charge in [-0.1, -0.05) is 70.8 Å². The van der Waals surface area contributed by atoms with Gasteiger partial charge in [-0.15, -0.1) is 0 Å². The van der Waals surface area contributed by atoms with Crippen LogP contribution >= 0.6 is 0 Å². The number of nitrogens with zero attached hydrogens (tertiary/aromatic N) is 1. The van der Waals surface area contributed by atoms with Crippen LogP contribution in [0.15, 0.2) is 12.3 Å².